The number of likely N-dealkylation sites (tertiary alicyclic amines) is 1. The molecule has 1 atom stereocenters. The molecule has 0 aromatic heterocycles. The first-order valence-corrected chi connectivity index (χ1v) is 6.80. The Hall–Kier alpha value is -1.90. The number of aliphatic hydroxyl groups is 1. The molecule has 0 aliphatic carbocycles. The molecule has 2 N–H and O–H groups in total. The van der Waals surface area contributed by atoms with Gasteiger partial charge in [-0.2, -0.15) is 5.26 Å². The first-order chi connectivity index (χ1) is 9.71. The summed E-state index contributed by atoms with van der Waals surface area (Å²) in [5, 5.41) is 20.5. The standard InChI is InChI=1S/C15H19N3O2/c16-7-5-12-1-3-14(4-2-12)17-15(20)10-18-8-6-13(9-18)11-19/h1-4,13,19H,5-6,8-11H2,(H,17,20). The zero-order valence-corrected chi connectivity index (χ0v) is 11.4. The van der Waals surface area contributed by atoms with Crippen molar-refractivity contribution in [1.82, 2.24) is 4.90 Å². The van der Waals surface area contributed by atoms with Gasteiger partial charge in [0.25, 0.3) is 0 Å². The Morgan fingerprint density at radius 1 is 1.45 bits per heavy atom. The van der Waals surface area contributed by atoms with E-state index in [0.29, 0.717) is 18.9 Å². The third kappa shape index (κ3) is 4.05. The monoisotopic (exact) mass is 273 g/mol. The van der Waals surface area contributed by atoms with Crippen LogP contribution < -0.4 is 5.32 Å². The van der Waals surface area contributed by atoms with Gasteiger partial charge in [0.1, 0.15) is 0 Å². The van der Waals surface area contributed by atoms with E-state index in [2.05, 4.69) is 16.3 Å². The fourth-order valence-corrected chi connectivity index (χ4v) is 2.41. The van der Waals surface area contributed by atoms with Gasteiger partial charge in [-0.05, 0) is 36.6 Å². The molecule has 0 radical (unpaired) electrons. The van der Waals surface area contributed by atoms with Crippen LogP contribution in [0.4, 0.5) is 5.69 Å². The van der Waals surface area contributed by atoms with E-state index in [1.807, 2.05) is 24.3 Å². The number of benzene rings is 1. The summed E-state index contributed by atoms with van der Waals surface area (Å²) in [6.45, 7) is 2.19. The lowest BCUT2D eigenvalue weighted by Gasteiger charge is -2.15. The number of hydrogen-bond donors (Lipinski definition) is 2. The molecule has 1 aliphatic heterocycles. The van der Waals surface area contributed by atoms with Gasteiger partial charge >= 0.3 is 0 Å². The summed E-state index contributed by atoms with van der Waals surface area (Å²) in [5.41, 5.74) is 1.69. The minimum absolute atomic E-state index is 0.0448. The molecule has 0 saturated carbocycles. The molecule has 1 aromatic carbocycles. The van der Waals surface area contributed by atoms with Crippen LogP contribution in [-0.4, -0.2) is 42.2 Å². The zero-order chi connectivity index (χ0) is 14.4. The van der Waals surface area contributed by atoms with Gasteiger partial charge in [0.05, 0.1) is 19.0 Å². The molecular formula is C15H19N3O2. The second-order valence-corrected chi connectivity index (χ2v) is 5.15. The van der Waals surface area contributed by atoms with Crippen LogP contribution in [0, 0.1) is 17.2 Å². The van der Waals surface area contributed by atoms with E-state index >= 15 is 0 Å². The molecule has 1 heterocycles. The van der Waals surface area contributed by atoms with Crippen LogP contribution in [0.2, 0.25) is 0 Å². The number of aliphatic hydroxyl groups excluding tert-OH is 1. The minimum Gasteiger partial charge on any atom is -0.396 e. The average Bonchev–Trinajstić information content (AvgIpc) is 2.89. The Morgan fingerprint density at radius 3 is 2.80 bits per heavy atom. The number of amides is 1. The molecular weight excluding hydrogens is 254 g/mol. The predicted octanol–water partition coefficient (Wildman–Crippen LogP) is 1.01. The molecule has 1 amide bonds. The van der Waals surface area contributed by atoms with Gasteiger partial charge in [-0.25, -0.2) is 0 Å². The van der Waals surface area contributed by atoms with Gasteiger partial charge in [0, 0.05) is 18.8 Å². The maximum absolute atomic E-state index is 11.9. The highest BCUT2D eigenvalue weighted by atomic mass is 16.3. The van der Waals surface area contributed by atoms with Crippen molar-refractivity contribution in [3.8, 4) is 6.07 Å². The third-order valence-corrected chi connectivity index (χ3v) is 3.52. The number of carbonyl (C=O) groups excluding carboxylic acids is 1. The molecule has 1 aromatic rings. The number of nitrogens with one attached hydrogen (secondary N) is 1. The van der Waals surface area contributed by atoms with Crippen molar-refractivity contribution in [2.75, 3.05) is 31.6 Å². The van der Waals surface area contributed by atoms with Crippen LogP contribution in [0.3, 0.4) is 0 Å². The summed E-state index contributed by atoms with van der Waals surface area (Å²) < 4.78 is 0. The highest BCUT2D eigenvalue weighted by Gasteiger charge is 2.23. The van der Waals surface area contributed by atoms with Gasteiger partial charge in [0.15, 0.2) is 0 Å². The number of rotatable bonds is 5. The minimum atomic E-state index is -0.0448. The lowest BCUT2D eigenvalue weighted by atomic mass is 10.1. The van der Waals surface area contributed by atoms with Gasteiger partial charge in [-0.3, -0.25) is 9.69 Å². The van der Waals surface area contributed by atoms with E-state index in [0.717, 1.165) is 30.8 Å². The second kappa shape index (κ2) is 7.04. The smallest absolute Gasteiger partial charge is 0.238 e. The molecule has 2 rings (SSSR count). The van der Waals surface area contributed by atoms with Crippen LogP contribution in [0.1, 0.15) is 12.0 Å². The Labute approximate surface area is 118 Å². The maximum Gasteiger partial charge on any atom is 0.238 e. The summed E-state index contributed by atoms with van der Waals surface area (Å²) in [4.78, 5) is 14.0. The number of hydrogen-bond acceptors (Lipinski definition) is 4. The maximum atomic E-state index is 11.9. The first-order valence-electron chi connectivity index (χ1n) is 6.80. The van der Waals surface area contributed by atoms with Crippen molar-refractivity contribution >= 4 is 11.6 Å². The van der Waals surface area contributed by atoms with Gasteiger partial charge in [-0.15, -0.1) is 0 Å². The summed E-state index contributed by atoms with van der Waals surface area (Å²) >= 11 is 0. The zero-order valence-electron chi connectivity index (χ0n) is 11.4. The molecule has 1 aliphatic rings. The number of nitriles is 1. The van der Waals surface area contributed by atoms with Crippen LogP contribution in [-0.2, 0) is 11.2 Å². The molecule has 0 spiro atoms. The van der Waals surface area contributed by atoms with Gasteiger partial charge in [-0.1, -0.05) is 12.1 Å². The fraction of sp³-hybridized carbons (Fsp3) is 0.467. The quantitative estimate of drug-likeness (QED) is 0.839. The Morgan fingerprint density at radius 2 is 2.20 bits per heavy atom. The van der Waals surface area contributed by atoms with E-state index in [9.17, 15) is 4.79 Å². The number of nitrogens with zero attached hydrogens (tertiary/aromatic N) is 2. The first kappa shape index (κ1) is 14.5. The number of carbonyl (C=O) groups is 1. The average molecular weight is 273 g/mol. The molecule has 5 nitrogen and oxygen atoms in total. The summed E-state index contributed by atoms with van der Waals surface area (Å²) in [5.74, 6) is 0.254. The second-order valence-electron chi connectivity index (χ2n) is 5.15. The Bertz CT molecular complexity index is 493. The van der Waals surface area contributed by atoms with Crippen molar-refractivity contribution in [1.29, 1.82) is 5.26 Å². The molecule has 1 unspecified atom stereocenters. The van der Waals surface area contributed by atoms with Gasteiger partial charge < -0.3 is 10.4 Å². The highest BCUT2D eigenvalue weighted by Crippen LogP contribution is 2.15. The SMILES string of the molecule is N#CCc1ccc(NC(=O)CN2CCC(CO)C2)cc1. The Balaban J connectivity index is 1.81. The summed E-state index contributed by atoms with van der Waals surface area (Å²) in [6.07, 6.45) is 1.33. The van der Waals surface area contributed by atoms with E-state index in [4.69, 9.17) is 10.4 Å². The van der Waals surface area contributed by atoms with Crippen LogP contribution in [0.25, 0.3) is 0 Å². The van der Waals surface area contributed by atoms with Gasteiger partial charge in [0.2, 0.25) is 5.91 Å². The lowest BCUT2D eigenvalue weighted by Crippen LogP contribution is -2.31. The van der Waals surface area contributed by atoms with Crippen molar-refractivity contribution in [3.05, 3.63) is 29.8 Å². The molecule has 20 heavy (non-hydrogen) atoms. The van der Waals surface area contributed by atoms with E-state index < -0.39 is 0 Å². The van der Waals surface area contributed by atoms with Crippen molar-refractivity contribution < 1.29 is 9.90 Å². The van der Waals surface area contributed by atoms with E-state index in [-0.39, 0.29) is 12.5 Å². The fourth-order valence-electron chi connectivity index (χ4n) is 2.41. The molecule has 106 valence electrons. The van der Waals surface area contributed by atoms with E-state index in [1.54, 1.807) is 0 Å². The highest BCUT2D eigenvalue weighted by molar-refractivity contribution is 5.92. The summed E-state index contributed by atoms with van der Waals surface area (Å²) in [7, 11) is 0. The predicted molar refractivity (Wildman–Crippen MR) is 76.0 cm³/mol. The Kier molecular flexibility index (Phi) is 5.10. The molecule has 5 heteroatoms. The van der Waals surface area contributed by atoms with Crippen LogP contribution in [0.5, 0.6) is 0 Å². The van der Waals surface area contributed by atoms with Crippen molar-refractivity contribution in [3.63, 3.8) is 0 Å². The third-order valence-electron chi connectivity index (χ3n) is 3.52. The van der Waals surface area contributed by atoms with E-state index in [1.165, 1.54) is 0 Å². The van der Waals surface area contributed by atoms with Crippen molar-refractivity contribution in [2.45, 2.75) is 12.8 Å². The van der Waals surface area contributed by atoms with Crippen LogP contribution in [0.15, 0.2) is 24.3 Å². The number of anilines is 1. The lowest BCUT2D eigenvalue weighted by molar-refractivity contribution is -0.117. The van der Waals surface area contributed by atoms with Crippen molar-refractivity contribution in [2.24, 2.45) is 5.92 Å². The topological polar surface area (TPSA) is 76.4 Å². The molecule has 0 bridgehead atoms. The normalized spacial score (nSPS) is 18.7. The molecule has 1 saturated heterocycles. The largest absolute Gasteiger partial charge is 0.396 e. The summed E-state index contributed by atoms with van der Waals surface area (Å²) in [6, 6.07) is 9.40. The molecule has 1 fully saturated rings. The van der Waals surface area contributed by atoms with Crippen LogP contribution >= 0.6 is 0 Å².